The monoisotopic (exact) mass is 562 g/mol. The molecule has 0 aliphatic rings. The molecule has 3 nitrogen and oxygen atoms in total. The molecular formula is C18H16I2N2OS. The van der Waals surface area contributed by atoms with Gasteiger partial charge in [0, 0.05) is 7.14 Å². The SMILES string of the molecule is CCCCc1ccc2nc(NC(=O)c3cc(I)ccc3I)sc2c1. The number of thiazole rings is 1. The van der Waals surface area contributed by atoms with Crippen LogP contribution in [0.3, 0.4) is 0 Å². The highest BCUT2D eigenvalue weighted by Crippen LogP contribution is 2.28. The molecule has 0 fully saturated rings. The van der Waals surface area contributed by atoms with Gasteiger partial charge in [-0.15, -0.1) is 0 Å². The van der Waals surface area contributed by atoms with Gasteiger partial charge in [0.15, 0.2) is 5.13 Å². The average Bonchev–Trinajstić information content (AvgIpc) is 2.96. The minimum Gasteiger partial charge on any atom is -0.298 e. The normalized spacial score (nSPS) is 11.0. The molecule has 1 heterocycles. The lowest BCUT2D eigenvalue weighted by molar-refractivity contribution is 0.102. The summed E-state index contributed by atoms with van der Waals surface area (Å²) in [5, 5.41) is 3.59. The fourth-order valence-corrected chi connectivity index (χ4v) is 4.39. The molecule has 6 heteroatoms. The maximum Gasteiger partial charge on any atom is 0.258 e. The van der Waals surface area contributed by atoms with Crippen LogP contribution in [-0.4, -0.2) is 10.9 Å². The average molecular weight is 562 g/mol. The molecule has 0 radical (unpaired) electrons. The molecule has 2 aromatic carbocycles. The summed E-state index contributed by atoms with van der Waals surface area (Å²) in [5.41, 5.74) is 2.95. The van der Waals surface area contributed by atoms with Gasteiger partial charge in [-0.1, -0.05) is 30.7 Å². The van der Waals surface area contributed by atoms with E-state index in [1.807, 2.05) is 24.3 Å². The Morgan fingerprint density at radius 3 is 2.83 bits per heavy atom. The first-order valence-corrected chi connectivity index (χ1v) is 10.7. The predicted octanol–water partition coefficient (Wildman–Crippen LogP) is 6.10. The van der Waals surface area contributed by atoms with E-state index in [4.69, 9.17) is 0 Å². The number of amides is 1. The molecular weight excluding hydrogens is 546 g/mol. The highest BCUT2D eigenvalue weighted by atomic mass is 127. The second kappa shape index (κ2) is 8.09. The molecule has 0 bridgehead atoms. The van der Waals surface area contributed by atoms with Crippen molar-refractivity contribution in [2.45, 2.75) is 26.2 Å². The number of carbonyl (C=O) groups excluding carboxylic acids is 1. The smallest absolute Gasteiger partial charge is 0.258 e. The van der Waals surface area contributed by atoms with Gasteiger partial charge < -0.3 is 0 Å². The Morgan fingerprint density at radius 2 is 2.04 bits per heavy atom. The molecule has 124 valence electrons. The van der Waals surface area contributed by atoms with Crippen LogP contribution in [0.2, 0.25) is 0 Å². The van der Waals surface area contributed by atoms with Gasteiger partial charge in [0.25, 0.3) is 5.91 Å². The van der Waals surface area contributed by atoms with Gasteiger partial charge in [0.1, 0.15) is 0 Å². The third kappa shape index (κ3) is 4.26. The van der Waals surface area contributed by atoms with Gasteiger partial charge in [-0.05, 0) is 93.9 Å². The summed E-state index contributed by atoms with van der Waals surface area (Å²) in [6.45, 7) is 2.20. The number of unbranched alkanes of at least 4 members (excludes halogenated alkanes) is 1. The molecule has 0 aliphatic heterocycles. The van der Waals surface area contributed by atoms with E-state index in [1.165, 1.54) is 29.7 Å². The number of carbonyl (C=O) groups is 1. The van der Waals surface area contributed by atoms with E-state index in [2.05, 4.69) is 74.5 Å². The predicted molar refractivity (Wildman–Crippen MR) is 118 cm³/mol. The van der Waals surface area contributed by atoms with Crippen molar-refractivity contribution in [3.8, 4) is 0 Å². The van der Waals surface area contributed by atoms with E-state index in [-0.39, 0.29) is 5.91 Å². The van der Waals surface area contributed by atoms with Gasteiger partial charge in [0.05, 0.1) is 15.8 Å². The maximum absolute atomic E-state index is 12.5. The van der Waals surface area contributed by atoms with Gasteiger partial charge >= 0.3 is 0 Å². The number of aromatic nitrogens is 1. The number of rotatable bonds is 5. The quantitative estimate of drug-likeness (QED) is 0.382. The van der Waals surface area contributed by atoms with Crippen molar-refractivity contribution < 1.29 is 4.79 Å². The summed E-state index contributed by atoms with van der Waals surface area (Å²) >= 11 is 5.93. The summed E-state index contributed by atoms with van der Waals surface area (Å²) in [6.07, 6.45) is 3.47. The molecule has 1 N–H and O–H groups in total. The van der Waals surface area contributed by atoms with Gasteiger partial charge in [-0.2, -0.15) is 0 Å². The highest BCUT2D eigenvalue weighted by molar-refractivity contribution is 14.1. The van der Waals surface area contributed by atoms with Crippen LogP contribution in [0.5, 0.6) is 0 Å². The molecule has 0 spiro atoms. The van der Waals surface area contributed by atoms with Crippen LogP contribution < -0.4 is 5.32 Å². The van der Waals surface area contributed by atoms with Crippen LogP contribution in [0.1, 0.15) is 35.7 Å². The molecule has 24 heavy (non-hydrogen) atoms. The third-order valence-corrected chi connectivity index (χ3v) is 6.21. The Bertz CT molecular complexity index is 892. The molecule has 0 saturated heterocycles. The summed E-state index contributed by atoms with van der Waals surface area (Å²) in [5.74, 6) is -0.108. The number of aryl methyl sites for hydroxylation is 1. The van der Waals surface area contributed by atoms with Gasteiger partial charge in [0.2, 0.25) is 0 Å². The van der Waals surface area contributed by atoms with Crippen molar-refractivity contribution in [1.82, 2.24) is 4.98 Å². The van der Waals surface area contributed by atoms with Gasteiger partial charge in [-0.25, -0.2) is 4.98 Å². The van der Waals surface area contributed by atoms with E-state index in [9.17, 15) is 4.79 Å². The minimum absolute atomic E-state index is 0.108. The van der Waals surface area contributed by atoms with Crippen LogP contribution in [-0.2, 0) is 6.42 Å². The molecule has 3 rings (SSSR count). The molecule has 0 saturated carbocycles. The molecule has 1 amide bonds. The lowest BCUT2D eigenvalue weighted by Gasteiger charge is -2.04. The van der Waals surface area contributed by atoms with Crippen molar-refractivity contribution in [2.75, 3.05) is 5.32 Å². The summed E-state index contributed by atoms with van der Waals surface area (Å²) < 4.78 is 3.10. The largest absolute Gasteiger partial charge is 0.298 e. The first-order chi connectivity index (χ1) is 11.6. The van der Waals surface area contributed by atoms with E-state index < -0.39 is 0 Å². The van der Waals surface area contributed by atoms with E-state index in [1.54, 1.807) is 0 Å². The van der Waals surface area contributed by atoms with Crippen molar-refractivity contribution in [3.63, 3.8) is 0 Å². The number of fused-ring (bicyclic) bond motifs is 1. The molecule has 0 atom stereocenters. The minimum atomic E-state index is -0.108. The number of benzene rings is 2. The first-order valence-electron chi connectivity index (χ1n) is 7.72. The highest BCUT2D eigenvalue weighted by Gasteiger charge is 2.13. The number of halogens is 2. The van der Waals surface area contributed by atoms with Gasteiger partial charge in [-0.3, -0.25) is 10.1 Å². The molecule has 0 unspecified atom stereocenters. The first kappa shape index (κ1) is 18.1. The van der Waals surface area contributed by atoms with Crippen LogP contribution in [0.25, 0.3) is 10.2 Å². The fourth-order valence-electron chi connectivity index (χ4n) is 2.39. The van der Waals surface area contributed by atoms with Crippen LogP contribution >= 0.6 is 56.5 Å². The second-order valence-electron chi connectivity index (χ2n) is 5.50. The Hall–Kier alpha value is -0.740. The van der Waals surface area contributed by atoms with Crippen molar-refractivity contribution >= 4 is 77.8 Å². The van der Waals surface area contributed by atoms with E-state index in [0.29, 0.717) is 10.7 Å². The lowest BCUT2D eigenvalue weighted by Crippen LogP contribution is -2.13. The standard InChI is InChI=1S/C18H16I2N2OS/c1-2-3-4-11-5-8-15-16(9-11)24-18(21-15)22-17(23)13-10-12(19)6-7-14(13)20/h5-10H,2-4H2,1H3,(H,21,22,23). The Morgan fingerprint density at radius 1 is 1.21 bits per heavy atom. The second-order valence-corrected chi connectivity index (χ2v) is 8.94. The zero-order chi connectivity index (χ0) is 17.1. The molecule has 1 aromatic heterocycles. The number of nitrogens with zero attached hydrogens (tertiary/aromatic N) is 1. The lowest BCUT2D eigenvalue weighted by atomic mass is 10.1. The Kier molecular flexibility index (Phi) is 6.09. The van der Waals surface area contributed by atoms with Crippen LogP contribution in [0.15, 0.2) is 36.4 Å². The zero-order valence-electron chi connectivity index (χ0n) is 13.1. The summed E-state index contributed by atoms with van der Waals surface area (Å²) in [4.78, 5) is 17.1. The Balaban J connectivity index is 1.82. The zero-order valence-corrected chi connectivity index (χ0v) is 18.2. The van der Waals surface area contributed by atoms with Crippen LogP contribution in [0.4, 0.5) is 5.13 Å². The summed E-state index contributed by atoms with van der Waals surface area (Å²) in [7, 11) is 0. The molecule has 3 aromatic rings. The van der Waals surface area contributed by atoms with Crippen LogP contribution in [0, 0.1) is 7.14 Å². The maximum atomic E-state index is 12.5. The topological polar surface area (TPSA) is 42.0 Å². The summed E-state index contributed by atoms with van der Waals surface area (Å²) in [6, 6.07) is 12.2. The third-order valence-electron chi connectivity index (χ3n) is 3.67. The Labute approximate surface area is 172 Å². The number of anilines is 1. The number of hydrogen-bond donors (Lipinski definition) is 1. The van der Waals surface area contributed by atoms with Crippen molar-refractivity contribution in [3.05, 3.63) is 54.7 Å². The number of nitrogens with one attached hydrogen (secondary N) is 1. The van der Waals surface area contributed by atoms with Crippen molar-refractivity contribution in [2.24, 2.45) is 0 Å². The van der Waals surface area contributed by atoms with E-state index in [0.717, 1.165) is 23.8 Å². The van der Waals surface area contributed by atoms with E-state index >= 15 is 0 Å². The van der Waals surface area contributed by atoms with Crippen molar-refractivity contribution in [1.29, 1.82) is 0 Å². The number of hydrogen-bond acceptors (Lipinski definition) is 3. The fraction of sp³-hybridized carbons (Fsp3) is 0.222. The molecule has 0 aliphatic carbocycles.